The minimum atomic E-state index is -1.26. The van der Waals surface area contributed by atoms with Crippen LogP contribution in [-0.2, 0) is 19.1 Å². The lowest BCUT2D eigenvalue weighted by Crippen LogP contribution is -2.59. The number of imide groups is 1. The summed E-state index contributed by atoms with van der Waals surface area (Å²) >= 11 is 1.23. The molecule has 9 heteroatoms. The summed E-state index contributed by atoms with van der Waals surface area (Å²) in [6.07, 6.45) is 0.590. The molecule has 0 spiro atoms. The number of hydrogen-bond donors (Lipinski definition) is 1. The van der Waals surface area contributed by atoms with Gasteiger partial charge in [0.25, 0.3) is 11.8 Å². The van der Waals surface area contributed by atoms with E-state index in [1.54, 1.807) is 50.4 Å². The SMILES string of the molecule is CCC1=CSC(C(C(=O)OC)N2C(=O)c3ccccc3C2=O)NC1C(=O)OC(C)(C)C. The second-order valence-corrected chi connectivity index (χ2v) is 9.25. The number of ether oxygens (including phenoxy) is 2. The van der Waals surface area contributed by atoms with Crippen LogP contribution in [0.4, 0.5) is 0 Å². The second kappa shape index (κ2) is 8.84. The third-order valence-electron chi connectivity index (χ3n) is 4.95. The predicted octanol–water partition coefficient (Wildman–Crippen LogP) is 2.49. The summed E-state index contributed by atoms with van der Waals surface area (Å²) in [7, 11) is 1.19. The number of rotatable bonds is 5. The van der Waals surface area contributed by atoms with Crippen molar-refractivity contribution in [1.82, 2.24) is 10.2 Å². The van der Waals surface area contributed by atoms with Crippen molar-refractivity contribution < 1.29 is 28.7 Å². The van der Waals surface area contributed by atoms with Crippen LogP contribution in [0.3, 0.4) is 0 Å². The molecule has 0 bridgehead atoms. The van der Waals surface area contributed by atoms with E-state index in [2.05, 4.69) is 5.32 Å². The first-order valence-electron chi connectivity index (χ1n) is 9.97. The van der Waals surface area contributed by atoms with Crippen molar-refractivity contribution in [2.45, 2.75) is 57.2 Å². The predicted molar refractivity (Wildman–Crippen MR) is 115 cm³/mol. The maximum Gasteiger partial charge on any atom is 0.331 e. The standard InChI is InChI=1S/C22H26N2O6S/c1-6-12-11-31-17(23-15(12)20(27)30-22(2,3)4)16(21(28)29-5)24-18(25)13-9-7-8-10-14(13)19(24)26/h7-11,15-17,23H,6H2,1-5H3. The summed E-state index contributed by atoms with van der Waals surface area (Å²) in [5, 5.41) is 4.10. The van der Waals surface area contributed by atoms with Crippen LogP contribution in [-0.4, -0.2) is 58.8 Å². The second-order valence-electron chi connectivity index (χ2n) is 8.23. The average molecular weight is 447 g/mol. The molecular formula is C22H26N2O6S. The highest BCUT2D eigenvalue weighted by molar-refractivity contribution is 8.02. The number of benzene rings is 1. The Hall–Kier alpha value is -2.65. The quantitative estimate of drug-likeness (QED) is 0.544. The van der Waals surface area contributed by atoms with Crippen LogP contribution in [0.1, 0.15) is 54.8 Å². The van der Waals surface area contributed by atoms with Crippen LogP contribution in [0.15, 0.2) is 35.2 Å². The molecule has 0 radical (unpaired) electrons. The first kappa shape index (κ1) is 23.0. The van der Waals surface area contributed by atoms with Gasteiger partial charge < -0.3 is 9.47 Å². The highest BCUT2D eigenvalue weighted by Crippen LogP contribution is 2.33. The summed E-state index contributed by atoms with van der Waals surface area (Å²) in [6.45, 7) is 7.22. The van der Waals surface area contributed by atoms with E-state index in [0.717, 1.165) is 10.5 Å². The zero-order valence-electron chi connectivity index (χ0n) is 18.1. The zero-order chi connectivity index (χ0) is 22.9. The summed E-state index contributed by atoms with van der Waals surface area (Å²) in [5.41, 5.74) is 0.565. The molecule has 2 aliphatic rings. The summed E-state index contributed by atoms with van der Waals surface area (Å²) < 4.78 is 10.5. The topological polar surface area (TPSA) is 102 Å². The molecule has 0 aromatic heterocycles. The van der Waals surface area contributed by atoms with E-state index in [-0.39, 0.29) is 11.1 Å². The maximum absolute atomic E-state index is 13.0. The molecule has 0 aliphatic carbocycles. The van der Waals surface area contributed by atoms with Crippen LogP contribution in [0, 0.1) is 0 Å². The van der Waals surface area contributed by atoms with E-state index in [0.29, 0.717) is 6.42 Å². The molecule has 3 atom stereocenters. The molecule has 1 aromatic rings. The molecule has 3 rings (SSSR count). The summed E-state index contributed by atoms with van der Waals surface area (Å²) in [6, 6.07) is 4.33. The van der Waals surface area contributed by atoms with E-state index >= 15 is 0 Å². The lowest BCUT2D eigenvalue weighted by molar-refractivity contribution is -0.157. The summed E-state index contributed by atoms with van der Waals surface area (Å²) in [5.74, 6) is -2.39. The molecule has 0 saturated carbocycles. The number of carbonyl (C=O) groups is 4. The molecule has 2 aliphatic heterocycles. The minimum absolute atomic E-state index is 0.232. The van der Waals surface area contributed by atoms with Gasteiger partial charge in [-0.25, -0.2) is 9.59 Å². The van der Waals surface area contributed by atoms with Crippen molar-refractivity contribution in [2.24, 2.45) is 0 Å². The van der Waals surface area contributed by atoms with E-state index in [9.17, 15) is 19.2 Å². The Morgan fingerprint density at radius 3 is 2.23 bits per heavy atom. The van der Waals surface area contributed by atoms with Gasteiger partial charge in [-0.3, -0.25) is 19.8 Å². The van der Waals surface area contributed by atoms with Gasteiger partial charge in [-0.05, 0) is 50.3 Å². The molecule has 1 aromatic carbocycles. The number of thioether (sulfide) groups is 1. The monoisotopic (exact) mass is 446 g/mol. The third kappa shape index (κ3) is 4.52. The van der Waals surface area contributed by atoms with Gasteiger partial charge in [0, 0.05) is 0 Å². The van der Waals surface area contributed by atoms with Gasteiger partial charge in [0.05, 0.1) is 23.6 Å². The Bertz CT molecular complexity index is 917. The van der Waals surface area contributed by atoms with Crippen molar-refractivity contribution in [3.05, 3.63) is 46.4 Å². The molecule has 0 fully saturated rings. The van der Waals surface area contributed by atoms with Crippen LogP contribution < -0.4 is 5.32 Å². The molecule has 166 valence electrons. The lowest BCUT2D eigenvalue weighted by Gasteiger charge is -2.36. The molecular weight excluding hydrogens is 420 g/mol. The Morgan fingerprint density at radius 1 is 1.16 bits per heavy atom. The lowest BCUT2D eigenvalue weighted by atomic mass is 10.0. The van der Waals surface area contributed by atoms with Gasteiger partial charge in [0.1, 0.15) is 11.6 Å². The molecule has 3 unspecified atom stereocenters. The van der Waals surface area contributed by atoms with Crippen LogP contribution in [0.2, 0.25) is 0 Å². The Balaban J connectivity index is 1.94. The van der Waals surface area contributed by atoms with Crippen molar-refractivity contribution in [3.63, 3.8) is 0 Å². The number of methoxy groups -OCH3 is 1. The number of nitrogens with zero attached hydrogens (tertiary/aromatic N) is 1. The molecule has 0 saturated heterocycles. The van der Waals surface area contributed by atoms with E-state index in [4.69, 9.17) is 9.47 Å². The van der Waals surface area contributed by atoms with Crippen molar-refractivity contribution in [1.29, 1.82) is 0 Å². The molecule has 31 heavy (non-hydrogen) atoms. The van der Waals surface area contributed by atoms with Gasteiger partial charge in [0.15, 0.2) is 6.04 Å². The van der Waals surface area contributed by atoms with Gasteiger partial charge in [-0.1, -0.05) is 19.1 Å². The fraction of sp³-hybridized carbons (Fsp3) is 0.455. The molecule has 8 nitrogen and oxygen atoms in total. The molecule has 2 amide bonds. The number of nitrogens with one attached hydrogen (secondary N) is 1. The third-order valence-corrected chi connectivity index (χ3v) is 6.08. The Labute approximate surface area is 185 Å². The van der Waals surface area contributed by atoms with Crippen molar-refractivity contribution in [3.8, 4) is 0 Å². The molecule has 2 heterocycles. The Kier molecular flexibility index (Phi) is 6.56. The number of hydrogen-bond acceptors (Lipinski definition) is 8. The van der Waals surface area contributed by atoms with Gasteiger partial charge in [-0.15, -0.1) is 11.8 Å². The smallest absolute Gasteiger partial charge is 0.331 e. The number of esters is 2. The van der Waals surface area contributed by atoms with Crippen molar-refractivity contribution >= 4 is 35.5 Å². The van der Waals surface area contributed by atoms with Crippen LogP contribution in [0.25, 0.3) is 0 Å². The maximum atomic E-state index is 13.0. The van der Waals surface area contributed by atoms with Gasteiger partial charge in [-0.2, -0.15) is 0 Å². The van der Waals surface area contributed by atoms with Gasteiger partial charge >= 0.3 is 11.9 Å². The summed E-state index contributed by atoms with van der Waals surface area (Å²) in [4.78, 5) is 52.5. The van der Waals surface area contributed by atoms with E-state index in [1.165, 1.54) is 18.9 Å². The average Bonchev–Trinajstić information content (AvgIpc) is 2.98. The highest BCUT2D eigenvalue weighted by atomic mass is 32.2. The highest BCUT2D eigenvalue weighted by Gasteiger charge is 2.48. The first-order chi connectivity index (χ1) is 14.6. The minimum Gasteiger partial charge on any atom is -0.467 e. The van der Waals surface area contributed by atoms with Crippen molar-refractivity contribution in [2.75, 3.05) is 7.11 Å². The fourth-order valence-electron chi connectivity index (χ4n) is 3.52. The number of amides is 2. The largest absolute Gasteiger partial charge is 0.467 e. The molecule has 1 N–H and O–H groups in total. The number of carbonyl (C=O) groups excluding carboxylic acids is 4. The van der Waals surface area contributed by atoms with Gasteiger partial charge in [0.2, 0.25) is 0 Å². The normalized spacial score (nSPS) is 22.0. The van der Waals surface area contributed by atoms with E-state index in [1.807, 2.05) is 6.92 Å². The Morgan fingerprint density at radius 2 is 1.74 bits per heavy atom. The number of fused-ring (bicyclic) bond motifs is 1. The van der Waals surface area contributed by atoms with Crippen LogP contribution in [0.5, 0.6) is 0 Å². The first-order valence-corrected chi connectivity index (χ1v) is 10.9. The fourth-order valence-corrected chi connectivity index (χ4v) is 4.74. The van der Waals surface area contributed by atoms with E-state index < -0.39 is 46.8 Å². The van der Waals surface area contributed by atoms with Crippen LogP contribution >= 0.6 is 11.8 Å². The zero-order valence-corrected chi connectivity index (χ0v) is 18.9.